The third kappa shape index (κ3) is 6.50. The molecule has 0 bridgehead atoms. The van der Waals surface area contributed by atoms with Gasteiger partial charge < -0.3 is 10.1 Å². The number of benzene rings is 1. The fourth-order valence-electron chi connectivity index (χ4n) is 1.40. The van der Waals surface area contributed by atoms with Gasteiger partial charge in [0.1, 0.15) is 5.82 Å². The Morgan fingerprint density at radius 3 is 3.05 bits per heavy atom. The molecule has 0 aromatic heterocycles. The molecule has 0 aliphatic carbocycles. The highest BCUT2D eigenvalue weighted by Gasteiger charge is 2.00. The second-order valence-electron chi connectivity index (χ2n) is 3.84. The molecule has 1 N–H and O–H groups in total. The van der Waals surface area contributed by atoms with Gasteiger partial charge in [0.15, 0.2) is 0 Å². The van der Waals surface area contributed by atoms with Crippen molar-refractivity contribution in [3.8, 4) is 0 Å². The smallest absolute Gasteiger partial charge is 0.244 e. The molecule has 0 spiro atoms. The number of ether oxygens (including phenoxy) is 1. The van der Waals surface area contributed by atoms with Crippen LogP contribution in [0.1, 0.15) is 18.9 Å². The number of carbonyl (C=O) groups excluding carboxylic acids is 1. The molecule has 3 nitrogen and oxygen atoms in total. The fraction of sp³-hybridized carbons (Fsp3) is 0.357. The van der Waals surface area contributed by atoms with Crippen molar-refractivity contribution in [2.45, 2.75) is 13.3 Å². The minimum Gasteiger partial charge on any atom is -0.382 e. The van der Waals surface area contributed by atoms with Crippen LogP contribution in [0.4, 0.5) is 4.39 Å². The molecule has 0 heterocycles. The van der Waals surface area contributed by atoms with E-state index >= 15 is 0 Å². The lowest BCUT2D eigenvalue weighted by atomic mass is 10.2. The summed E-state index contributed by atoms with van der Waals surface area (Å²) in [6.45, 7) is 3.77. The number of carbonyl (C=O) groups is 1. The monoisotopic (exact) mass is 329 g/mol. The van der Waals surface area contributed by atoms with Gasteiger partial charge in [0, 0.05) is 35.9 Å². The van der Waals surface area contributed by atoms with Crippen molar-refractivity contribution in [1.82, 2.24) is 5.32 Å². The molecule has 1 rings (SSSR count). The number of hydrogen-bond acceptors (Lipinski definition) is 2. The molecular weight excluding hydrogens is 313 g/mol. The van der Waals surface area contributed by atoms with Gasteiger partial charge in [-0.25, -0.2) is 4.39 Å². The Hall–Kier alpha value is -1.20. The van der Waals surface area contributed by atoms with Gasteiger partial charge in [-0.1, -0.05) is 15.9 Å². The number of halogens is 2. The Balaban J connectivity index is 2.39. The topological polar surface area (TPSA) is 38.3 Å². The van der Waals surface area contributed by atoms with Crippen molar-refractivity contribution in [1.29, 1.82) is 0 Å². The fourth-order valence-corrected chi connectivity index (χ4v) is 1.78. The van der Waals surface area contributed by atoms with E-state index in [1.165, 1.54) is 18.2 Å². The lowest BCUT2D eigenvalue weighted by Gasteiger charge is -2.02. The molecule has 104 valence electrons. The van der Waals surface area contributed by atoms with Gasteiger partial charge in [0.2, 0.25) is 5.91 Å². The van der Waals surface area contributed by atoms with Crippen LogP contribution in [-0.4, -0.2) is 25.7 Å². The van der Waals surface area contributed by atoms with E-state index in [9.17, 15) is 9.18 Å². The molecule has 0 saturated heterocycles. The highest BCUT2D eigenvalue weighted by atomic mass is 79.9. The Morgan fingerprint density at radius 1 is 1.53 bits per heavy atom. The van der Waals surface area contributed by atoms with Crippen molar-refractivity contribution < 1.29 is 13.9 Å². The molecule has 0 saturated carbocycles. The summed E-state index contributed by atoms with van der Waals surface area (Å²) >= 11 is 3.25. The summed E-state index contributed by atoms with van der Waals surface area (Å²) in [5, 5.41) is 2.71. The number of rotatable bonds is 7. The van der Waals surface area contributed by atoms with Crippen LogP contribution in [0, 0.1) is 5.82 Å². The zero-order valence-electron chi connectivity index (χ0n) is 10.8. The van der Waals surface area contributed by atoms with Crippen molar-refractivity contribution in [2.75, 3.05) is 19.8 Å². The van der Waals surface area contributed by atoms with E-state index in [1.54, 1.807) is 12.1 Å². The quantitative estimate of drug-likeness (QED) is 0.616. The van der Waals surface area contributed by atoms with Gasteiger partial charge in [-0.05, 0) is 37.6 Å². The van der Waals surface area contributed by atoms with Gasteiger partial charge in [-0.2, -0.15) is 0 Å². The van der Waals surface area contributed by atoms with Crippen LogP contribution in [-0.2, 0) is 9.53 Å². The molecule has 0 fully saturated rings. The van der Waals surface area contributed by atoms with Gasteiger partial charge >= 0.3 is 0 Å². The summed E-state index contributed by atoms with van der Waals surface area (Å²) in [4.78, 5) is 11.5. The summed E-state index contributed by atoms with van der Waals surface area (Å²) in [6.07, 6.45) is 3.54. The average Bonchev–Trinajstić information content (AvgIpc) is 2.39. The highest BCUT2D eigenvalue weighted by Crippen LogP contribution is 2.16. The van der Waals surface area contributed by atoms with E-state index in [-0.39, 0.29) is 11.7 Å². The number of hydrogen-bond donors (Lipinski definition) is 1. The van der Waals surface area contributed by atoms with Crippen LogP contribution in [0.25, 0.3) is 6.08 Å². The minimum absolute atomic E-state index is 0.240. The van der Waals surface area contributed by atoms with E-state index in [0.29, 0.717) is 25.3 Å². The number of nitrogens with one attached hydrogen (secondary N) is 1. The SMILES string of the molecule is CCOCCCNC(=O)C=Cc1cc(Br)ccc1F. The first-order valence-corrected chi connectivity index (χ1v) is 6.91. The molecule has 0 radical (unpaired) electrons. The van der Waals surface area contributed by atoms with Gasteiger partial charge in [-0.15, -0.1) is 0 Å². The average molecular weight is 330 g/mol. The molecule has 1 aromatic rings. The predicted molar refractivity (Wildman–Crippen MR) is 77.3 cm³/mol. The first-order chi connectivity index (χ1) is 9.13. The first kappa shape index (κ1) is 15.9. The van der Waals surface area contributed by atoms with Crippen LogP contribution >= 0.6 is 15.9 Å². The van der Waals surface area contributed by atoms with Gasteiger partial charge in [-0.3, -0.25) is 4.79 Å². The summed E-state index contributed by atoms with van der Waals surface area (Å²) in [6, 6.07) is 4.58. The molecule has 1 amide bonds. The summed E-state index contributed by atoms with van der Waals surface area (Å²) in [5.41, 5.74) is 0.374. The second-order valence-corrected chi connectivity index (χ2v) is 4.76. The van der Waals surface area contributed by atoms with E-state index < -0.39 is 0 Å². The standard InChI is InChI=1S/C14H17BrFNO2/c1-2-19-9-3-8-17-14(18)7-4-11-10-12(15)5-6-13(11)16/h4-7,10H,2-3,8-9H2,1H3,(H,17,18). The van der Waals surface area contributed by atoms with Crippen molar-refractivity contribution in [3.05, 3.63) is 40.1 Å². The molecule has 19 heavy (non-hydrogen) atoms. The number of amides is 1. The summed E-state index contributed by atoms with van der Waals surface area (Å²) in [5.74, 6) is -0.598. The third-order valence-electron chi connectivity index (χ3n) is 2.34. The zero-order chi connectivity index (χ0) is 14.1. The van der Waals surface area contributed by atoms with Crippen LogP contribution in [0.2, 0.25) is 0 Å². The van der Waals surface area contributed by atoms with Crippen molar-refractivity contribution >= 4 is 27.9 Å². The second kappa shape index (κ2) is 8.82. The van der Waals surface area contributed by atoms with Crippen molar-refractivity contribution in [3.63, 3.8) is 0 Å². The minimum atomic E-state index is -0.358. The predicted octanol–water partition coefficient (Wildman–Crippen LogP) is 3.14. The molecule has 0 aliphatic rings. The molecule has 0 atom stereocenters. The van der Waals surface area contributed by atoms with E-state index in [4.69, 9.17) is 4.74 Å². The Kier molecular flexibility index (Phi) is 7.36. The van der Waals surface area contributed by atoms with Crippen LogP contribution < -0.4 is 5.32 Å². The maximum atomic E-state index is 13.4. The third-order valence-corrected chi connectivity index (χ3v) is 2.83. The van der Waals surface area contributed by atoms with Crippen molar-refractivity contribution in [2.24, 2.45) is 0 Å². The maximum Gasteiger partial charge on any atom is 0.244 e. The zero-order valence-corrected chi connectivity index (χ0v) is 12.4. The van der Waals surface area contributed by atoms with Crippen LogP contribution in [0.15, 0.2) is 28.7 Å². The van der Waals surface area contributed by atoms with E-state index in [2.05, 4.69) is 21.2 Å². The molecule has 0 unspecified atom stereocenters. The first-order valence-electron chi connectivity index (χ1n) is 6.12. The van der Waals surface area contributed by atoms with E-state index in [1.807, 2.05) is 6.92 Å². The Labute approximate surface area is 121 Å². The van der Waals surface area contributed by atoms with Crippen LogP contribution in [0.5, 0.6) is 0 Å². The normalized spacial score (nSPS) is 10.9. The Bertz CT molecular complexity index is 449. The summed E-state index contributed by atoms with van der Waals surface area (Å²) in [7, 11) is 0. The van der Waals surface area contributed by atoms with E-state index in [0.717, 1.165) is 10.9 Å². The summed E-state index contributed by atoms with van der Waals surface area (Å²) < 4.78 is 19.3. The maximum absolute atomic E-state index is 13.4. The van der Waals surface area contributed by atoms with Crippen LogP contribution in [0.3, 0.4) is 0 Å². The molecule has 0 aliphatic heterocycles. The molecule has 1 aromatic carbocycles. The largest absolute Gasteiger partial charge is 0.382 e. The lowest BCUT2D eigenvalue weighted by Crippen LogP contribution is -2.23. The Morgan fingerprint density at radius 2 is 2.32 bits per heavy atom. The van der Waals surface area contributed by atoms with Gasteiger partial charge in [0.05, 0.1) is 0 Å². The molecular formula is C14H17BrFNO2. The highest BCUT2D eigenvalue weighted by molar-refractivity contribution is 9.10. The van der Waals surface area contributed by atoms with Gasteiger partial charge in [0.25, 0.3) is 0 Å². The lowest BCUT2D eigenvalue weighted by molar-refractivity contribution is -0.116. The molecule has 5 heteroatoms.